The number of anilines is 1. The quantitative estimate of drug-likeness (QED) is 0.476. The zero-order valence-corrected chi connectivity index (χ0v) is 12.8. The fourth-order valence-corrected chi connectivity index (χ4v) is 2.76. The number of nitrogens with two attached hydrogens (primary N) is 1. The molecular formula is C13H17N3O5S. The topological polar surface area (TPSA) is 124 Å². The summed E-state index contributed by atoms with van der Waals surface area (Å²) in [5.41, 5.74) is 5.40. The Kier molecular flexibility index (Phi) is 5.31. The molecular weight excluding hydrogens is 310 g/mol. The molecule has 1 aromatic heterocycles. The highest BCUT2D eigenvalue weighted by atomic mass is 32.1. The summed E-state index contributed by atoms with van der Waals surface area (Å²) < 4.78 is 5.13. The van der Waals surface area contributed by atoms with Crippen molar-refractivity contribution in [2.75, 3.05) is 5.73 Å². The van der Waals surface area contributed by atoms with Crippen molar-refractivity contribution in [3.8, 4) is 0 Å². The number of carboxylic acid groups (broad SMARTS) is 1. The van der Waals surface area contributed by atoms with Crippen LogP contribution in [0.25, 0.3) is 0 Å². The molecule has 3 N–H and O–H groups in total. The number of oxime groups is 1. The summed E-state index contributed by atoms with van der Waals surface area (Å²) in [6.45, 7) is 1.38. The molecule has 0 aliphatic heterocycles. The minimum absolute atomic E-state index is 0.0985. The van der Waals surface area contributed by atoms with E-state index in [1.807, 2.05) is 0 Å². The Labute approximate surface area is 130 Å². The highest BCUT2D eigenvalue weighted by molar-refractivity contribution is 7.13. The van der Waals surface area contributed by atoms with Gasteiger partial charge >= 0.3 is 11.9 Å². The first-order valence-electron chi connectivity index (χ1n) is 6.81. The number of thiazole rings is 1. The first-order valence-corrected chi connectivity index (χ1v) is 7.69. The summed E-state index contributed by atoms with van der Waals surface area (Å²) in [6.07, 6.45) is 2.34. The van der Waals surface area contributed by atoms with Crippen molar-refractivity contribution in [1.29, 1.82) is 0 Å². The van der Waals surface area contributed by atoms with Crippen LogP contribution in [0.1, 0.15) is 38.3 Å². The van der Waals surface area contributed by atoms with Crippen molar-refractivity contribution >= 4 is 34.1 Å². The van der Waals surface area contributed by atoms with Crippen LogP contribution >= 0.6 is 11.3 Å². The molecule has 8 nitrogen and oxygen atoms in total. The molecule has 1 aromatic rings. The summed E-state index contributed by atoms with van der Waals surface area (Å²) in [7, 11) is 0. The van der Waals surface area contributed by atoms with Gasteiger partial charge in [-0.25, -0.2) is 9.78 Å². The Morgan fingerprint density at radius 1 is 1.36 bits per heavy atom. The van der Waals surface area contributed by atoms with Crippen molar-refractivity contribution in [2.45, 2.75) is 44.8 Å². The number of carboxylic acids is 1. The lowest BCUT2D eigenvalue weighted by atomic mass is 9.95. The lowest BCUT2D eigenvalue weighted by Gasteiger charge is -2.26. The van der Waals surface area contributed by atoms with Crippen LogP contribution in [0, 0.1) is 0 Å². The van der Waals surface area contributed by atoms with E-state index in [-0.39, 0.29) is 34.7 Å². The highest BCUT2D eigenvalue weighted by Gasteiger charge is 2.25. The van der Waals surface area contributed by atoms with E-state index < -0.39 is 5.97 Å². The molecule has 0 amide bonds. The van der Waals surface area contributed by atoms with Gasteiger partial charge < -0.3 is 20.4 Å². The van der Waals surface area contributed by atoms with Crippen LogP contribution in [-0.4, -0.2) is 39.9 Å². The van der Waals surface area contributed by atoms with E-state index in [4.69, 9.17) is 20.4 Å². The van der Waals surface area contributed by atoms with Gasteiger partial charge in [0.2, 0.25) is 5.71 Å². The van der Waals surface area contributed by atoms with Crippen molar-refractivity contribution in [3.05, 3.63) is 11.1 Å². The van der Waals surface area contributed by atoms with Crippen molar-refractivity contribution < 1.29 is 24.3 Å². The van der Waals surface area contributed by atoms with Gasteiger partial charge in [-0.05, 0) is 25.7 Å². The summed E-state index contributed by atoms with van der Waals surface area (Å²) in [5.74, 6) is -1.52. The standard InChI is InChI=1S/C13H17N3O5S/c1-7(17)20-8-2-4-9(5-3-8)21-16-11(12(18)19)10-6-22-13(14)15-10/h6,8-9H,2-5H2,1H3,(H2,14,15)(H,18,19)/b16-11-. The van der Waals surface area contributed by atoms with Gasteiger partial charge in [-0.1, -0.05) is 5.16 Å². The van der Waals surface area contributed by atoms with E-state index in [0.717, 1.165) is 11.3 Å². The molecule has 0 atom stereocenters. The van der Waals surface area contributed by atoms with Gasteiger partial charge in [0.15, 0.2) is 5.13 Å². The smallest absolute Gasteiger partial charge is 0.360 e. The molecule has 0 radical (unpaired) electrons. The number of hydrogen-bond acceptors (Lipinski definition) is 8. The number of hydrogen-bond donors (Lipinski definition) is 2. The number of ether oxygens (including phenoxy) is 1. The van der Waals surface area contributed by atoms with Crippen molar-refractivity contribution in [3.63, 3.8) is 0 Å². The minimum atomic E-state index is -1.22. The van der Waals surface area contributed by atoms with E-state index in [1.165, 1.54) is 12.3 Å². The molecule has 0 bridgehead atoms. The number of nitrogen functional groups attached to an aromatic ring is 1. The average Bonchev–Trinajstić information content (AvgIpc) is 2.86. The third-order valence-corrected chi connectivity index (χ3v) is 3.89. The number of carbonyl (C=O) groups excluding carboxylic acids is 1. The van der Waals surface area contributed by atoms with Gasteiger partial charge in [-0.2, -0.15) is 0 Å². The molecule has 0 unspecified atom stereocenters. The summed E-state index contributed by atoms with van der Waals surface area (Å²) in [4.78, 5) is 31.3. The molecule has 0 spiro atoms. The molecule has 1 fully saturated rings. The largest absolute Gasteiger partial charge is 0.476 e. The maximum absolute atomic E-state index is 11.2. The second kappa shape index (κ2) is 7.21. The Morgan fingerprint density at radius 3 is 2.50 bits per heavy atom. The second-order valence-electron chi connectivity index (χ2n) is 4.93. The molecule has 1 heterocycles. The van der Waals surface area contributed by atoms with Gasteiger partial charge in [0.05, 0.1) is 0 Å². The van der Waals surface area contributed by atoms with E-state index >= 15 is 0 Å². The third-order valence-electron chi connectivity index (χ3n) is 3.21. The molecule has 1 aliphatic carbocycles. The maximum atomic E-state index is 11.2. The van der Waals surface area contributed by atoms with Crippen LogP contribution in [0.3, 0.4) is 0 Å². The third kappa shape index (κ3) is 4.42. The van der Waals surface area contributed by atoms with Crippen LogP contribution in [0.2, 0.25) is 0 Å². The zero-order chi connectivity index (χ0) is 16.1. The maximum Gasteiger partial charge on any atom is 0.360 e. The number of carbonyl (C=O) groups is 2. The van der Waals surface area contributed by atoms with Gasteiger partial charge in [0.25, 0.3) is 0 Å². The van der Waals surface area contributed by atoms with E-state index in [0.29, 0.717) is 25.7 Å². The Hall–Kier alpha value is -2.16. The number of nitrogens with zero attached hydrogens (tertiary/aromatic N) is 2. The van der Waals surface area contributed by atoms with Crippen LogP contribution in [0.5, 0.6) is 0 Å². The van der Waals surface area contributed by atoms with E-state index in [1.54, 1.807) is 0 Å². The zero-order valence-electron chi connectivity index (χ0n) is 12.0. The lowest BCUT2D eigenvalue weighted by molar-refractivity contribution is -0.149. The predicted molar refractivity (Wildman–Crippen MR) is 79.6 cm³/mol. The first kappa shape index (κ1) is 16.2. The lowest BCUT2D eigenvalue weighted by Crippen LogP contribution is -2.27. The molecule has 22 heavy (non-hydrogen) atoms. The van der Waals surface area contributed by atoms with Crippen molar-refractivity contribution in [2.24, 2.45) is 5.16 Å². The van der Waals surface area contributed by atoms with Crippen LogP contribution in [-0.2, 0) is 19.2 Å². The molecule has 2 rings (SSSR count). The molecule has 0 saturated heterocycles. The molecule has 9 heteroatoms. The summed E-state index contributed by atoms with van der Waals surface area (Å²) in [6, 6.07) is 0. The number of esters is 1. The average molecular weight is 327 g/mol. The fourth-order valence-electron chi connectivity index (χ4n) is 2.21. The molecule has 1 aliphatic rings. The predicted octanol–water partition coefficient (Wildman–Crippen LogP) is 1.40. The SMILES string of the molecule is CC(=O)OC1CCC(O/N=C(\C(=O)O)c2csc(N)n2)CC1. The number of aromatic nitrogens is 1. The van der Waals surface area contributed by atoms with E-state index in [9.17, 15) is 9.59 Å². The monoisotopic (exact) mass is 327 g/mol. The highest BCUT2D eigenvalue weighted by Crippen LogP contribution is 2.24. The molecule has 1 saturated carbocycles. The normalized spacial score (nSPS) is 22.1. The fraction of sp³-hybridized carbons (Fsp3) is 0.538. The minimum Gasteiger partial charge on any atom is -0.476 e. The van der Waals surface area contributed by atoms with Crippen molar-refractivity contribution in [1.82, 2.24) is 4.98 Å². The van der Waals surface area contributed by atoms with Gasteiger partial charge in [-0.3, -0.25) is 4.79 Å². The summed E-state index contributed by atoms with van der Waals surface area (Å²) in [5, 5.41) is 14.7. The van der Waals surface area contributed by atoms with Crippen LogP contribution < -0.4 is 5.73 Å². The van der Waals surface area contributed by atoms with Gasteiger partial charge in [0, 0.05) is 12.3 Å². The Bertz CT molecular complexity index is 578. The van der Waals surface area contributed by atoms with Gasteiger partial charge in [-0.15, -0.1) is 11.3 Å². The summed E-state index contributed by atoms with van der Waals surface area (Å²) >= 11 is 1.14. The first-order chi connectivity index (χ1) is 10.5. The number of aliphatic carboxylic acids is 1. The van der Waals surface area contributed by atoms with E-state index in [2.05, 4.69) is 10.1 Å². The Balaban J connectivity index is 1.92. The molecule has 120 valence electrons. The van der Waals surface area contributed by atoms with Crippen LogP contribution in [0.15, 0.2) is 10.5 Å². The molecule has 0 aromatic carbocycles. The number of rotatable bonds is 5. The second-order valence-corrected chi connectivity index (χ2v) is 5.82. The Morgan fingerprint density at radius 2 is 2.00 bits per heavy atom. The van der Waals surface area contributed by atoms with Crippen LogP contribution in [0.4, 0.5) is 5.13 Å². The van der Waals surface area contributed by atoms with Gasteiger partial charge in [0.1, 0.15) is 17.9 Å².